The van der Waals surface area contributed by atoms with Crippen LogP contribution in [0.25, 0.3) is 0 Å². The number of carbonyl (C=O) groups excluding carboxylic acids is 1. The predicted octanol–water partition coefficient (Wildman–Crippen LogP) is 1.85. The van der Waals surface area contributed by atoms with Crippen LogP contribution in [0, 0.1) is 0 Å². The van der Waals surface area contributed by atoms with E-state index in [1.165, 1.54) is 5.56 Å². The summed E-state index contributed by atoms with van der Waals surface area (Å²) in [4.78, 5) is 14.2. The largest absolute Gasteiger partial charge is 0.319 e. The van der Waals surface area contributed by atoms with Crippen molar-refractivity contribution in [2.45, 2.75) is 31.5 Å². The maximum atomic E-state index is 12.3. The molecule has 5 heteroatoms. The highest BCUT2D eigenvalue weighted by atomic mass is 16.2. The monoisotopic (exact) mass is 308 g/mol. The summed E-state index contributed by atoms with van der Waals surface area (Å²) < 4.78 is 0. The van der Waals surface area contributed by atoms with Gasteiger partial charge in [-0.05, 0) is 24.5 Å². The topological polar surface area (TPSA) is 47.9 Å². The molecule has 2 aliphatic heterocycles. The maximum Gasteiger partial charge on any atom is 0.224 e. The van der Waals surface area contributed by atoms with E-state index in [2.05, 4.69) is 28.7 Å². The first-order chi connectivity index (χ1) is 11.3. The van der Waals surface area contributed by atoms with Crippen molar-refractivity contribution in [2.24, 2.45) is 5.10 Å². The van der Waals surface area contributed by atoms with Crippen LogP contribution in [0.2, 0.25) is 0 Å². The van der Waals surface area contributed by atoms with E-state index < -0.39 is 0 Å². The number of amides is 1. The summed E-state index contributed by atoms with van der Waals surface area (Å²) >= 11 is 0. The third-order valence-electron chi connectivity index (χ3n) is 4.56. The lowest BCUT2D eigenvalue weighted by Gasteiger charge is -2.31. The number of hydrogen-bond acceptors (Lipinski definition) is 4. The average Bonchev–Trinajstić information content (AvgIpc) is 3.17. The number of carbonyl (C=O) groups is 1. The van der Waals surface area contributed by atoms with Crippen LogP contribution in [-0.2, 0) is 11.2 Å². The van der Waals surface area contributed by atoms with Gasteiger partial charge < -0.3 is 4.90 Å². The van der Waals surface area contributed by atoms with Crippen molar-refractivity contribution in [1.82, 2.24) is 15.4 Å². The van der Waals surface area contributed by atoms with Crippen LogP contribution in [0.5, 0.6) is 0 Å². The quantitative estimate of drug-likeness (QED) is 0.923. The van der Waals surface area contributed by atoms with Crippen molar-refractivity contribution < 1.29 is 4.79 Å². The molecule has 2 unspecified atom stereocenters. The first kappa shape index (κ1) is 14.2. The van der Waals surface area contributed by atoms with Crippen LogP contribution in [0.3, 0.4) is 0 Å². The van der Waals surface area contributed by atoms with Crippen LogP contribution >= 0.6 is 0 Å². The normalized spacial score (nSPS) is 25.9. The van der Waals surface area contributed by atoms with E-state index in [0.717, 1.165) is 25.1 Å². The van der Waals surface area contributed by atoms with E-state index in [9.17, 15) is 4.79 Å². The van der Waals surface area contributed by atoms with E-state index in [4.69, 9.17) is 0 Å². The van der Waals surface area contributed by atoms with Gasteiger partial charge in [0.25, 0.3) is 0 Å². The lowest BCUT2D eigenvalue weighted by molar-refractivity contribution is -0.132. The Bertz CT molecular complexity index is 680. The number of benzene rings is 1. The fraction of sp³-hybridized carbons (Fsp3) is 0.333. The second kappa shape index (κ2) is 6.01. The Morgan fingerprint density at radius 1 is 1.22 bits per heavy atom. The molecule has 0 spiro atoms. The molecule has 118 valence electrons. The summed E-state index contributed by atoms with van der Waals surface area (Å²) in [5.41, 5.74) is 5.65. The van der Waals surface area contributed by atoms with Crippen LogP contribution < -0.4 is 5.43 Å². The molecule has 1 aromatic carbocycles. The summed E-state index contributed by atoms with van der Waals surface area (Å²) in [5, 5.41) is 6.51. The lowest BCUT2D eigenvalue weighted by atomic mass is 10.1. The molecule has 1 N–H and O–H groups in total. The molecular weight excluding hydrogens is 288 g/mol. The Labute approximate surface area is 135 Å². The fourth-order valence-corrected chi connectivity index (χ4v) is 3.33. The zero-order valence-corrected chi connectivity index (χ0v) is 12.9. The number of nitrogens with one attached hydrogen (secondary N) is 1. The minimum absolute atomic E-state index is 0.00566. The van der Waals surface area contributed by atoms with E-state index >= 15 is 0 Å². The van der Waals surface area contributed by atoms with E-state index in [0.29, 0.717) is 6.42 Å². The molecule has 1 saturated heterocycles. The summed E-state index contributed by atoms with van der Waals surface area (Å²) in [5.74, 6) is 0.217. The molecular formula is C18H20N4O. The first-order valence-corrected chi connectivity index (χ1v) is 8.13. The Morgan fingerprint density at radius 3 is 2.91 bits per heavy atom. The van der Waals surface area contributed by atoms with Gasteiger partial charge in [0, 0.05) is 13.0 Å². The number of nitrogens with zero attached hydrogens (tertiary/aromatic N) is 3. The molecule has 0 radical (unpaired) electrons. The number of hydrogen-bond donors (Lipinski definition) is 1. The number of hydrazone groups is 1. The molecule has 1 amide bonds. The Hall–Kier alpha value is -2.40. The van der Waals surface area contributed by atoms with Crippen LogP contribution in [-0.4, -0.2) is 40.4 Å². The molecule has 3 aliphatic rings. The zero-order chi connectivity index (χ0) is 15.6. The number of allylic oxidation sites excluding steroid dienone is 2. The third-order valence-corrected chi connectivity index (χ3v) is 4.56. The van der Waals surface area contributed by atoms with Crippen molar-refractivity contribution >= 4 is 11.6 Å². The molecule has 1 aromatic rings. The Kier molecular flexibility index (Phi) is 3.71. The zero-order valence-electron chi connectivity index (χ0n) is 12.9. The fourth-order valence-electron chi connectivity index (χ4n) is 3.33. The van der Waals surface area contributed by atoms with Crippen molar-refractivity contribution in [2.75, 3.05) is 6.54 Å². The average molecular weight is 308 g/mol. The van der Waals surface area contributed by atoms with Gasteiger partial charge >= 0.3 is 0 Å². The van der Waals surface area contributed by atoms with E-state index in [-0.39, 0.29) is 18.1 Å². The van der Waals surface area contributed by atoms with Gasteiger partial charge in [-0.2, -0.15) is 5.10 Å². The number of fused-ring (bicyclic) bond motifs is 1. The second-order valence-corrected chi connectivity index (χ2v) is 6.06. The molecule has 2 atom stereocenters. The smallest absolute Gasteiger partial charge is 0.224 e. The summed E-state index contributed by atoms with van der Waals surface area (Å²) in [6.07, 6.45) is 10.4. The Balaban J connectivity index is 1.45. The second-order valence-electron chi connectivity index (χ2n) is 6.06. The molecule has 0 saturated carbocycles. The number of hydrazine groups is 1. The van der Waals surface area contributed by atoms with E-state index in [1.807, 2.05) is 46.4 Å². The molecule has 0 bridgehead atoms. The van der Waals surface area contributed by atoms with Gasteiger partial charge in [-0.15, -0.1) is 0 Å². The van der Waals surface area contributed by atoms with Gasteiger partial charge in [0.1, 0.15) is 6.17 Å². The predicted molar refractivity (Wildman–Crippen MR) is 89.4 cm³/mol. The minimum Gasteiger partial charge on any atom is -0.319 e. The van der Waals surface area contributed by atoms with Gasteiger partial charge in [0.2, 0.25) is 5.91 Å². The van der Waals surface area contributed by atoms with Crippen LogP contribution in [0.15, 0.2) is 59.7 Å². The molecule has 2 heterocycles. The molecule has 4 rings (SSSR count). The highest BCUT2D eigenvalue weighted by Crippen LogP contribution is 2.25. The SMILES string of the molecule is O=C1CCC(N2N=C3C=CC=CC3N2)N1CCc1ccccc1. The molecule has 1 aliphatic carbocycles. The van der Waals surface area contributed by atoms with Gasteiger partial charge in [-0.1, -0.05) is 48.6 Å². The van der Waals surface area contributed by atoms with Crippen LogP contribution in [0.1, 0.15) is 18.4 Å². The van der Waals surface area contributed by atoms with Gasteiger partial charge in [0.15, 0.2) is 0 Å². The standard InChI is InChI=1S/C18H20N4O/c23-18-11-10-17(21(18)13-12-14-6-2-1-3-7-14)22-19-15-8-4-5-9-16(15)20-22/h1-9,15,17,19H,10-13H2. The first-order valence-electron chi connectivity index (χ1n) is 8.13. The van der Waals surface area contributed by atoms with Crippen molar-refractivity contribution in [3.63, 3.8) is 0 Å². The van der Waals surface area contributed by atoms with Gasteiger partial charge in [-0.25, -0.2) is 10.5 Å². The van der Waals surface area contributed by atoms with Crippen molar-refractivity contribution in [3.8, 4) is 0 Å². The summed E-state index contributed by atoms with van der Waals surface area (Å²) in [6, 6.07) is 10.4. The van der Waals surface area contributed by atoms with Gasteiger partial charge in [0.05, 0.1) is 11.8 Å². The molecule has 5 nitrogen and oxygen atoms in total. The summed E-state index contributed by atoms with van der Waals surface area (Å²) in [6.45, 7) is 0.729. The highest BCUT2D eigenvalue weighted by Gasteiger charge is 2.38. The minimum atomic E-state index is 0.00566. The lowest BCUT2D eigenvalue weighted by Crippen LogP contribution is -2.50. The Morgan fingerprint density at radius 2 is 2.09 bits per heavy atom. The number of rotatable bonds is 4. The molecule has 1 fully saturated rings. The third kappa shape index (κ3) is 2.80. The van der Waals surface area contributed by atoms with Gasteiger partial charge in [-0.3, -0.25) is 4.79 Å². The van der Waals surface area contributed by atoms with E-state index in [1.54, 1.807) is 0 Å². The van der Waals surface area contributed by atoms with Crippen LogP contribution in [0.4, 0.5) is 0 Å². The summed E-state index contributed by atoms with van der Waals surface area (Å²) in [7, 11) is 0. The maximum absolute atomic E-state index is 12.3. The molecule has 0 aromatic heterocycles. The van der Waals surface area contributed by atoms with Crippen molar-refractivity contribution in [1.29, 1.82) is 0 Å². The number of likely N-dealkylation sites (tertiary alicyclic amines) is 1. The molecule has 23 heavy (non-hydrogen) atoms. The van der Waals surface area contributed by atoms with Crippen molar-refractivity contribution in [3.05, 3.63) is 60.2 Å². The highest BCUT2D eigenvalue weighted by molar-refractivity contribution is 6.02.